The van der Waals surface area contributed by atoms with Gasteiger partial charge in [0.2, 0.25) is 0 Å². The highest BCUT2D eigenvalue weighted by molar-refractivity contribution is 5.95. The zero-order valence-corrected chi connectivity index (χ0v) is 16.0. The topological polar surface area (TPSA) is 48.0 Å². The first-order valence-corrected chi connectivity index (χ1v) is 9.43. The zero-order chi connectivity index (χ0) is 19.0. The van der Waals surface area contributed by atoms with Crippen molar-refractivity contribution in [3.63, 3.8) is 0 Å². The van der Waals surface area contributed by atoms with E-state index in [9.17, 15) is 4.79 Å². The van der Waals surface area contributed by atoms with E-state index in [0.29, 0.717) is 0 Å². The van der Waals surface area contributed by atoms with Crippen molar-refractivity contribution < 1.29 is 19.0 Å². The molecule has 5 nitrogen and oxygen atoms in total. The minimum Gasteiger partial charge on any atom is -0.497 e. The maximum Gasteiger partial charge on any atom is 0.254 e. The second-order valence-electron chi connectivity index (χ2n) is 7.22. The second kappa shape index (κ2) is 7.14. The molecule has 0 aliphatic carbocycles. The zero-order valence-electron chi connectivity index (χ0n) is 16.0. The standard InChI is InChI=1S/C22H25NO4/c1-14-11-16-12-15(6-9-20(16)27-14)22(24)23-10-4-5-19(23)18-8-7-17(25-2)13-21(18)26-3/h6-9,12-14,19H,4-5,10-11H2,1-3H3. The molecule has 1 fully saturated rings. The number of hydrogen-bond donors (Lipinski definition) is 0. The Kier molecular flexibility index (Phi) is 4.68. The van der Waals surface area contributed by atoms with E-state index in [0.717, 1.165) is 59.7 Å². The molecule has 2 aliphatic rings. The number of methoxy groups -OCH3 is 2. The molecule has 0 N–H and O–H groups in total. The summed E-state index contributed by atoms with van der Waals surface area (Å²) < 4.78 is 16.6. The fourth-order valence-corrected chi connectivity index (χ4v) is 4.15. The van der Waals surface area contributed by atoms with Crippen LogP contribution in [0.15, 0.2) is 36.4 Å². The van der Waals surface area contributed by atoms with E-state index in [2.05, 4.69) is 0 Å². The third-order valence-electron chi connectivity index (χ3n) is 5.46. The number of ether oxygens (including phenoxy) is 3. The monoisotopic (exact) mass is 367 g/mol. The van der Waals surface area contributed by atoms with E-state index in [1.165, 1.54) is 0 Å². The van der Waals surface area contributed by atoms with E-state index in [1.54, 1.807) is 14.2 Å². The van der Waals surface area contributed by atoms with Gasteiger partial charge in [0.05, 0.1) is 20.3 Å². The van der Waals surface area contributed by atoms with Gasteiger partial charge in [-0.2, -0.15) is 0 Å². The Morgan fingerprint density at radius 1 is 1.15 bits per heavy atom. The van der Waals surface area contributed by atoms with Crippen LogP contribution < -0.4 is 14.2 Å². The minimum atomic E-state index is 0.0155. The molecule has 4 rings (SSSR count). The fourth-order valence-electron chi connectivity index (χ4n) is 4.15. The van der Waals surface area contributed by atoms with Crippen molar-refractivity contribution >= 4 is 5.91 Å². The Bertz CT molecular complexity index is 863. The summed E-state index contributed by atoms with van der Waals surface area (Å²) in [4.78, 5) is 15.2. The van der Waals surface area contributed by atoms with Gasteiger partial charge in [0, 0.05) is 30.2 Å². The lowest BCUT2D eigenvalue weighted by molar-refractivity contribution is 0.0734. The van der Waals surface area contributed by atoms with Crippen LogP contribution in [0.2, 0.25) is 0 Å². The summed E-state index contributed by atoms with van der Waals surface area (Å²) in [6.07, 6.45) is 2.94. The van der Waals surface area contributed by atoms with Gasteiger partial charge < -0.3 is 19.1 Å². The van der Waals surface area contributed by atoms with E-state index in [4.69, 9.17) is 14.2 Å². The molecule has 0 aromatic heterocycles. The molecular formula is C22H25NO4. The number of nitrogens with zero attached hydrogens (tertiary/aromatic N) is 1. The molecule has 2 atom stereocenters. The Hall–Kier alpha value is -2.69. The van der Waals surface area contributed by atoms with E-state index in [-0.39, 0.29) is 18.1 Å². The van der Waals surface area contributed by atoms with Gasteiger partial charge in [-0.15, -0.1) is 0 Å². The average molecular weight is 367 g/mol. The highest BCUT2D eigenvalue weighted by atomic mass is 16.5. The van der Waals surface area contributed by atoms with Crippen LogP contribution in [0.4, 0.5) is 0 Å². The third-order valence-corrected chi connectivity index (χ3v) is 5.46. The molecule has 0 radical (unpaired) electrons. The van der Waals surface area contributed by atoms with E-state index >= 15 is 0 Å². The van der Waals surface area contributed by atoms with Crippen molar-refractivity contribution in [2.75, 3.05) is 20.8 Å². The largest absolute Gasteiger partial charge is 0.497 e. The molecule has 1 amide bonds. The number of carbonyl (C=O) groups excluding carboxylic acids is 1. The average Bonchev–Trinajstić information content (AvgIpc) is 3.31. The van der Waals surface area contributed by atoms with E-state index < -0.39 is 0 Å². The number of likely N-dealkylation sites (tertiary alicyclic amines) is 1. The molecule has 5 heteroatoms. The summed E-state index contributed by atoms with van der Waals surface area (Å²) in [5.41, 5.74) is 2.87. The predicted octanol–water partition coefficient (Wildman–Crippen LogP) is 4.00. The quantitative estimate of drug-likeness (QED) is 0.819. The van der Waals surface area contributed by atoms with Crippen LogP contribution in [0.1, 0.15) is 47.3 Å². The van der Waals surface area contributed by atoms with Gasteiger partial charge in [0.25, 0.3) is 5.91 Å². The van der Waals surface area contributed by atoms with Crippen molar-refractivity contribution in [2.24, 2.45) is 0 Å². The summed E-state index contributed by atoms with van der Waals surface area (Å²) in [6.45, 7) is 2.80. The van der Waals surface area contributed by atoms with Crippen LogP contribution in [0.3, 0.4) is 0 Å². The fraction of sp³-hybridized carbons (Fsp3) is 0.409. The molecular weight excluding hydrogens is 342 g/mol. The van der Waals surface area contributed by atoms with Crippen molar-refractivity contribution in [2.45, 2.75) is 38.3 Å². The highest BCUT2D eigenvalue weighted by Crippen LogP contribution is 2.40. The van der Waals surface area contributed by atoms with Crippen LogP contribution in [0, 0.1) is 0 Å². The van der Waals surface area contributed by atoms with Crippen molar-refractivity contribution in [1.29, 1.82) is 0 Å². The maximum atomic E-state index is 13.3. The van der Waals surface area contributed by atoms with Crippen molar-refractivity contribution in [3.05, 3.63) is 53.1 Å². The Morgan fingerprint density at radius 2 is 2.00 bits per heavy atom. The summed E-state index contributed by atoms with van der Waals surface area (Å²) in [7, 11) is 3.29. The molecule has 1 saturated heterocycles. The lowest BCUT2D eigenvalue weighted by atomic mass is 10.0. The summed E-state index contributed by atoms with van der Waals surface area (Å²) >= 11 is 0. The molecule has 2 aromatic carbocycles. The van der Waals surface area contributed by atoms with E-state index in [1.807, 2.05) is 48.2 Å². The number of carbonyl (C=O) groups is 1. The Labute approximate surface area is 159 Å². The number of amides is 1. The molecule has 27 heavy (non-hydrogen) atoms. The molecule has 2 aliphatic heterocycles. The molecule has 2 aromatic rings. The van der Waals surface area contributed by atoms with Crippen LogP contribution in [0.5, 0.6) is 17.2 Å². The molecule has 142 valence electrons. The minimum absolute atomic E-state index is 0.0155. The Morgan fingerprint density at radius 3 is 2.78 bits per heavy atom. The van der Waals surface area contributed by atoms with Gasteiger partial charge >= 0.3 is 0 Å². The van der Waals surface area contributed by atoms with Crippen molar-refractivity contribution in [1.82, 2.24) is 4.90 Å². The van der Waals surface area contributed by atoms with Crippen LogP contribution in [-0.4, -0.2) is 37.7 Å². The van der Waals surface area contributed by atoms with Gasteiger partial charge in [-0.25, -0.2) is 0 Å². The molecule has 2 unspecified atom stereocenters. The van der Waals surface area contributed by atoms with Crippen molar-refractivity contribution in [3.8, 4) is 17.2 Å². The van der Waals surface area contributed by atoms with Gasteiger partial charge in [-0.3, -0.25) is 4.79 Å². The summed E-state index contributed by atoms with van der Waals surface area (Å²) in [5.74, 6) is 2.47. The van der Waals surface area contributed by atoms with Crippen LogP contribution >= 0.6 is 0 Å². The van der Waals surface area contributed by atoms with Gasteiger partial charge in [0.1, 0.15) is 23.4 Å². The smallest absolute Gasteiger partial charge is 0.254 e. The number of fused-ring (bicyclic) bond motifs is 1. The first-order valence-electron chi connectivity index (χ1n) is 9.43. The molecule has 0 saturated carbocycles. The first-order chi connectivity index (χ1) is 13.1. The predicted molar refractivity (Wildman–Crippen MR) is 103 cm³/mol. The second-order valence-corrected chi connectivity index (χ2v) is 7.22. The molecule has 0 bridgehead atoms. The van der Waals surface area contributed by atoms with Gasteiger partial charge in [-0.05, 0) is 55.7 Å². The lowest BCUT2D eigenvalue weighted by Crippen LogP contribution is -2.30. The lowest BCUT2D eigenvalue weighted by Gasteiger charge is -2.27. The van der Waals surface area contributed by atoms with Crippen LogP contribution in [0.25, 0.3) is 0 Å². The maximum absolute atomic E-state index is 13.3. The number of rotatable bonds is 4. The van der Waals surface area contributed by atoms with Gasteiger partial charge in [0.15, 0.2) is 0 Å². The highest BCUT2D eigenvalue weighted by Gasteiger charge is 2.33. The number of benzene rings is 2. The normalized spacial score (nSPS) is 20.9. The summed E-state index contributed by atoms with van der Waals surface area (Å²) in [5, 5.41) is 0. The summed E-state index contributed by atoms with van der Waals surface area (Å²) in [6, 6.07) is 11.6. The van der Waals surface area contributed by atoms with Gasteiger partial charge in [-0.1, -0.05) is 0 Å². The molecule has 0 spiro atoms. The number of hydrogen-bond acceptors (Lipinski definition) is 4. The van der Waals surface area contributed by atoms with Crippen LogP contribution in [-0.2, 0) is 6.42 Å². The first kappa shape index (κ1) is 17.7. The Balaban J connectivity index is 1.62. The molecule has 2 heterocycles. The SMILES string of the molecule is COc1ccc(C2CCCN2C(=O)c2ccc3c(c2)CC(C)O3)c(OC)c1. The third kappa shape index (κ3) is 3.22.